The number of ether oxygens (including phenoxy) is 2. The molecule has 0 saturated heterocycles. The van der Waals surface area contributed by atoms with E-state index in [2.05, 4.69) is 0 Å². The molecular formula is C14H21NO3. The fourth-order valence-corrected chi connectivity index (χ4v) is 2.27. The molecule has 0 aliphatic carbocycles. The van der Waals surface area contributed by atoms with E-state index in [0.29, 0.717) is 19.6 Å². The maximum Gasteiger partial charge on any atom is 0.125 e. The van der Waals surface area contributed by atoms with E-state index >= 15 is 0 Å². The third-order valence-corrected chi connectivity index (χ3v) is 3.56. The Morgan fingerprint density at radius 1 is 1.44 bits per heavy atom. The van der Waals surface area contributed by atoms with Gasteiger partial charge in [0.2, 0.25) is 0 Å². The highest BCUT2D eigenvalue weighted by Gasteiger charge is 2.39. The Morgan fingerprint density at radius 3 is 2.83 bits per heavy atom. The quantitative estimate of drug-likeness (QED) is 0.849. The molecule has 1 aromatic carbocycles. The van der Waals surface area contributed by atoms with Gasteiger partial charge in [0, 0.05) is 18.5 Å². The molecule has 100 valence electrons. The number of benzene rings is 1. The Kier molecular flexibility index (Phi) is 3.90. The van der Waals surface area contributed by atoms with Crippen molar-refractivity contribution in [1.82, 2.24) is 0 Å². The minimum atomic E-state index is -0.550. The van der Waals surface area contributed by atoms with Crippen molar-refractivity contribution in [3.8, 4) is 5.75 Å². The van der Waals surface area contributed by atoms with Crippen LogP contribution in [0.1, 0.15) is 25.8 Å². The standard InChI is InChI=1S/C14H21NO3/c1-10(16)11(2)18-14(9-15)7-8-17-13-6-4-3-5-12(13)14/h3-6,10-11,16H,7-9,15H2,1-2H3. The second-order valence-corrected chi connectivity index (χ2v) is 4.86. The maximum absolute atomic E-state index is 9.61. The van der Waals surface area contributed by atoms with E-state index < -0.39 is 11.7 Å². The Morgan fingerprint density at radius 2 is 2.17 bits per heavy atom. The Balaban J connectivity index is 2.33. The molecule has 2 rings (SSSR count). The molecule has 1 aliphatic heterocycles. The normalized spacial score (nSPS) is 26.0. The molecule has 4 nitrogen and oxygen atoms in total. The SMILES string of the molecule is CC(O)C(C)OC1(CN)CCOc2ccccc21. The summed E-state index contributed by atoms with van der Waals surface area (Å²) in [5.41, 5.74) is 6.37. The van der Waals surface area contributed by atoms with Crippen LogP contribution in [0.4, 0.5) is 0 Å². The molecule has 0 fully saturated rings. The average Bonchev–Trinajstić information content (AvgIpc) is 2.39. The molecule has 3 unspecified atom stereocenters. The van der Waals surface area contributed by atoms with Gasteiger partial charge in [-0.15, -0.1) is 0 Å². The predicted octanol–water partition coefficient (Wildman–Crippen LogP) is 1.41. The summed E-state index contributed by atoms with van der Waals surface area (Å²) >= 11 is 0. The van der Waals surface area contributed by atoms with Crippen LogP contribution in [-0.4, -0.2) is 30.5 Å². The molecule has 1 aliphatic rings. The number of nitrogens with two attached hydrogens (primary N) is 1. The summed E-state index contributed by atoms with van der Waals surface area (Å²) in [4.78, 5) is 0. The van der Waals surface area contributed by atoms with Crippen molar-refractivity contribution in [2.24, 2.45) is 5.73 Å². The van der Waals surface area contributed by atoms with Crippen LogP contribution < -0.4 is 10.5 Å². The second-order valence-electron chi connectivity index (χ2n) is 4.86. The zero-order chi connectivity index (χ0) is 13.2. The third-order valence-electron chi connectivity index (χ3n) is 3.56. The van der Waals surface area contributed by atoms with E-state index in [1.54, 1.807) is 6.92 Å². The molecule has 0 saturated carbocycles. The first-order valence-corrected chi connectivity index (χ1v) is 6.37. The molecule has 1 aromatic rings. The zero-order valence-corrected chi connectivity index (χ0v) is 10.9. The van der Waals surface area contributed by atoms with E-state index in [9.17, 15) is 5.11 Å². The summed E-state index contributed by atoms with van der Waals surface area (Å²) < 4.78 is 11.7. The Labute approximate surface area is 108 Å². The first-order valence-electron chi connectivity index (χ1n) is 6.37. The van der Waals surface area contributed by atoms with Crippen LogP contribution in [0.3, 0.4) is 0 Å². The maximum atomic E-state index is 9.61. The van der Waals surface area contributed by atoms with Crippen molar-refractivity contribution < 1.29 is 14.6 Å². The Hall–Kier alpha value is -1.10. The van der Waals surface area contributed by atoms with Crippen LogP contribution in [0.5, 0.6) is 5.75 Å². The van der Waals surface area contributed by atoms with Gasteiger partial charge in [-0.05, 0) is 19.9 Å². The van der Waals surface area contributed by atoms with Gasteiger partial charge in [-0.25, -0.2) is 0 Å². The minimum Gasteiger partial charge on any atom is -0.493 e. The third kappa shape index (κ3) is 2.36. The van der Waals surface area contributed by atoms with Gasteiger partial charge < -0.3 is 20.3 Å². The number of fused-ring (bicyclic) bond motifs is 1. The highest BCUT2D eigenvalue weighted by Crippen LogP contribution is 2.40. The van der Waals surface area contributed by atoms with Crippen LogP contribution in [0, 0.1) is 0 Å². The van der Waals surface area contributed by atoms with Gasteiger partial charge >= 0.3 is 0 Å². The van der Waals surface area contributed by atoms with Crippen molar-refractivity contribution in [3.05, 3.63) is 29.8 Å². The van der Waals surface area contributed by atoms with Gasteiger partial charge in [0.15, 0.2) is 0 Å². The molecule has 0 amide bonds. The van der Waals surface area contributed by atoms with Crippen LogP contribution in [0.25, 0.3) is 0 Å². The molecule has 3 N–H and O–H groups in total. The number of aliphatic hydroxyl groups is 1. The molecule has 18 heavy (non-hydrogen) atoms. The van der Waals surface area contributed by atoms with E-state index in [0.717, 1.165) is 11.3 Å². The van der Waals surface area contributed by atoms with E-state index in [1.165, 1.54) is 0 Å². The first kappa shape index (κ1) is 13.3. The lowest BCUT2D eigenvalue weighted by Gasteiger charge is -2.40. The number of rotatable bonds is 4. The lowest BCUT2D eigenvalue weighted by atomic mass is 9.87. The highest BCUT2D eigenvalue weighted by atomic mass is 16.5. The second kappa shape index (κ2) is 5.26. The zero-order valence-electron chi connectivity index (χ0n) is 10.9. The number of aliphatic hydroxyl groups excluding tert-OH is 1. The largest absolute Gasteiger partial charge is 0.493 e. The molecule has 0 spiro atoms. The summed E-state index contributed by atoms with van der Waals surface area (Å²) in [7, 11) is 0. The average molecular weight is 251 g/mol. The first-order chi connectivity index (χ1) is 8.59. The number of hydrogen-bond donors (Lipinski definition) is 2. The van der Waals surface area contributed by atoms with Crippen LogP contribution in [0.2, 0.25) is 0 Å². The monoisotopic (exact) mass is 251 g/mol. The van der Waals surface area contributed by atoms with Crippen molar-refractivity contribution in [2.45, 2.75) is 38.1 Å². The van der Waals surface area contributed by atoms with Crippen LogP contribution in [0.15, 0.2) is 24.3 Å². The summed E-state index contributed by atoms with van der Waals surface area (Å²) in [6.07, 6.45) is -0.0828. The van der Waals surface area contributed by atoms with Gasteiger partial charge in [-0.2, -0.15) is 0 Å². The predicted molar refractivity (Wildman–Crippen MR) is 69.5 cm³/mol. The highest BCUT2D eigenvalue weighted by molar-refractivity contribution is 5.40. The molecule has 3 atom stereocenters. The van der Waals surface area contributed by atoms with Gasteiger partial charge in [-0.3, -0.25) is 0 Å². The Bertz CT molecular complexity index is 408. The van der Waals surface area contributed by atoms with Crippen molar-refractivity contribution in [2.75, 3.05) is 13.2 Å². The van der Waals surface area contributed by atoms with E-state index in [1.807, 2.05) is 31.2 Å². The van der Waals surface area contributed by atoms with Crippen molar-refractivity contribution >= 4 is 0 Å². The van der Waals surface area contributed by atoms with Gasteiger partial charge in [0.1, 0.15) is 11.4 Å². The number of para-hydroxylation sites is 1. The van der Waals surface area contributed by atoms with E-state index in [4.69, 9.17) is 15.2 Å². The number of hydrogen-bond acceptors (Lipinski definition) is 4. The smallest absolute Gasteiger partial charge is 0.125 e. The van der Waals surface area contributed by atoms with Crippen LogP contribution in [-0.2, 0) is 10.3 Å². The summed E-state index contributed by atoms with van der Waals surface area (Å²) in [5, 5.41) is 9.61. The van der Waals surface area contributed by atoms with Crippen molar-refractivity contribution in [3.63, 3.8) is 0 Å². The van der Waals surface area contributed by atoms with Gasteiger partial charge in [0.25, 0.3) is 0 Å². The summed E-state index contributed by atoms with van der Waals surface area (Å²) in [5.74, 6) is 0.826. The van der Waals surface area contributed by atoms with E-state index in [-0.39, 0.29) is 6.10 Å². The molecule has 1 heterocycles. The minimum absolute atomic E-state index is 0.264. The molecule has 4 heteroatoms. The lowest BCUT2D eigenvalue weighted by Crippen LogP contribution is -2.46. The topological polar surface area (TPSA) is 64.7 Å². The van der Waals surface area contributed by atoms with Crippen molar-refractivity contribution in [1.29, 1.82) is 0 Å². The van der Waals surface area contributed by atoms with Gasteiger partial charge in [-0.1, -0.05) is 18.2 Å². The fourth-order valence-electron chi connectivity index (χ4n) is 2.27. The van der Waals surface area contributed by atoms with Crippen LogP contribution >= 0.6 is 0 Å². The summed E-state index contributed by atoms with van der Waals surface area (Å²) in [6, 6.07) is 7.79. The fraction of sp³-hybridized carbons (Fsp3) is 0.571. The molecule has 0 radical (unpaired) electrons. The van der Waals surface area contributed by atoms with Gasteiger partial charge in [0.05, 0.1) is 18.8 Å². The molecule has 0 aromatic heterocycles. The lowest BCUT2D eigenvalue weighted by molar-refractivity contribution is -0.137. The molecular weight excluding hydrogens is 230 g/mol. The summed E-state index contributed by atoms with van der Waals surface area (Å²) in [6.45, 7) is 4.55. The molecule has 0 bridgehead atoms.